The van der Waals surface area contributed by atoms with Crippen molar-refractivity contribution in [3.8, 4) is 0 Å². The van der Waals surface area contributed by atoms with E-state index in [4.69, 9.17) is 11.6 Å². The van der Waals surface area contributed by atoms with Crippen molar-refractivity contribution in [2.24, 2.45) is 0 Å². The molecule has 0 spiro atoms. The third-order valence-corrected chi connectivity index (χ3v) is 3.02. The molecule has 8 heteroatoms. The van der Waals surface area contributed by atoms with Gasteiger partial charge in [-0.15, -0.1) is 0 Å². The average Bonchev–Trinajstić information content (AvgIpc) is 2.37. The molecule has 2 unspecified atom stereocenters. The van der Waals surface area contributed by atoms with Crippen LogP contribution in [0.15, 0.2) is 18.2 Å². The van der Waals surface area contributed by atoms with E-state index in [1.165, 1.54) is 19.1 Å². The number of halogens is 1. The Hall–Kier alpha value is -1.70. The van der Waals surface area contributed by atoms with Crippen LogP contribution < -0.4 is 5.32 Å². The van der Waals surface area contributed by atoms with Gasteiger partial charge in [0.25, 0.3) is 5.69 Å². The Kier molecular flexibility index (Phi) is 5.87. The van der Waals surface area contributed by atoms with Gasteiger partial charge in [0.15, 0.2) is 0 Å². The molecule has 110 valence electrons. The summed E-state index contributed by atoms with van der Waals surface area (Å²) < 4.78 is 0. The number of carbonyl (C=O) groups is 1. The number of hydrogen-bond acceptors (Lipinski definition) is 5. The van der Waals surface area contributed by atoms with E-state index in [9.17, 15) is 25.1 Å². The number of benzene rings is 1. The van der Waals surface area contributed by atoms with Crippen LogP contribution in [0.5, 0.6) is 0 Å². The summed E-state index contributed by atoms with van der Waals surface area (Å²) in [6.07, 6.45) is -2.29. The van der Waals surface area contributed by atoms with Crippen LogP contribution in [0.2, 0.25) is 5.02 Å². The second kappa shape index (κ2) is 7.18. The lowest BCUT2D eigenvalue weighted by molar-refractivity contribution is -0.384. The number of non-ortho nitro benzene ring substituents is 1. The second-order valence-electron chi connectivity index (χ2n) is 4.25. The number of nitrogens with one attached hydrogen (secondary N) is 1. The monoisotopic (exact) mass is 302 g/mol. The third-order valence-electron chi connectivity index (χ3n) is 2.69. The molecule has 1 aromatic rings. The molecule has 0 radical (unpaired) electrons. The summed E-state index contributed by atoms with van der Waals surface area (Å²) in [7, 11) is 0. The molecule has 0 saturated heterocycles. The largest absolute Gasteiger partial charge is 0.390 e. The van der Waals surface area contributed by atoms with Gasteiger partial charge in [-0.25, -0.2) is 0 Å². The lowest BCUT2D eigenvalue weighted by Gasteiger charge is -2.19. The van der Waals surface area contributed by atoms with Gasteiger partial charge in [-0.05, 0) is 12.5 Å². The zero-order chi connectivity index (χ0) is 15.3. The highest BCUT2D eigenvalue weighted by Crippen LogP contribution is 2.29. The highest BCUT2D eigenvalue weighted by Gasteiger charge is 2.22. The van der Waals surface area contributed by atoms with Crippen molar-refractivity contribution in [2.75, 3.05) is 6.54 Å². The molecule has 2 atom stereocenters. The lowest BCUT2D eigenvalue weighted by atomic mass is 10.0. The number of nitrogens with zero attached hydrogens (tertiary/aromatic N) is 1. The Bertz CT molecular complexity index is 509. The maximum Gasteiger partial charge on any atom is 0.270 e. The standard InChI is InChI=1S/C12H15ClN2O5/c1-7(16)14-5-4-11(17)12(18)9-3-2-8(15(19)20)6-10(9)13/h2-3,6,11-12,17-18H,4-5H2,1H3,(H,14,16). The van der Waals surface area contributed by atoms with E-state index in [0.717, 1.165) is 6.07 Å². The molecule has 0 aromatic heterocycles. The van der Waals surface area contributed by atoms with E-state index >= 15 is 0 Å². The van der Waals surface area contributed by atoms with Gasteiger partial charge >= 0.3 is 0 Å². The Morgan fingerprint density at radius 2 is 2.15 bits per heavy atom. The normalized spacial score (nSPS) is 13.6. The highest BCUT2D eigenvalue weighted by molar-refractivity contribution is 6.31. The highest BCUT2D eigenvalue weighted by atomic mass is 35.5. The summed E-state index contributed by atoms with van der Waals surface area (Å²) in [4.78, 5) is 20.6. The summed E-state index contributed by atoms with van der Waals surface area (Å²) >= 11 is 5.85. The number of rotatable bonds is 6. The summed E-state index contributed by atoms with van der Waals surface area (Å²) in [5, 5.41) is 32.8. The van der Waals surface area contributed by atoms with Gasteiger partial charge < -0.3 is 15.5 Å². The Morgan fingerprint density at radius 3 is 2.65 bits per heavy atom. The van der Waals surface area contributed by atoms with Crippen molar-refractivity contribution in [3.05, 3.63) is 38.9 Å². The molecule has 0 aliphatic heterocycles. The van der Waals surface area contributed by atoms with Crippen molar-refractivity contribution in [3.63, 3.8) is 0 Å². The van der Waals surface area contributed by atoms with Crippen LogP contribution in [0.25, 0.3) is 0 Å². The number of amides is 1. The molecular formula is C12H15ClN2O5. The van der Waals surface area contributed by atoms with E-state index in [1.54, 1.807) is 0 Å². The van der Waals surface area contributed by atoms with Gasteiger partial charge in [-0.2, -0.15) is 0 Å². The van der Waals surface area contributed by atoms with Gasteiger partial charge in [0.2, 0.25) is 5.91 Å². The van der Waals surface area contributed by atoms with Gasteiger partial charge in [0, 0.05) is 31.2 Å². The minimum atomic E-state index is -1.28. The molecule has 0 bridgehead atoms. The van der Waals surface area contributed by atoms with Crippen LogP contribution in [-0.2, 0) is 4.79 Å². The minimum absolute atomic E-state index is 0.00489. The van der Waals surface area contributed by atoms with Crippen molar-refractivity contribution >= 4 is 23.2 Å². The SMILES string of the molecule is CC(=O)NCCC(O)C(O)c1ccc([N+](=O)[O-])cc1Cl. The van der Waals surface area contributed by atoms with Gasteiger partial charge in [0.1, 0.15) is 6.10 Å². The maximum absolute atomic E-state index is 10.7. The van der Waals surface area contributed by atoms with Crippen LogP contribution in [0.4, 0.5) is 5.69 Å². The van der Waals surface area contributed by atoms with Gasteiger partial charge in [-0.1, -0.05) is 11.6 Å². The molecule has 0 aliphatic rings. The Labute approximate surface area is 120 Å². The zero-order valence-electron chi connectivity index (χ0n) is 10.7. The Balaban J connectivity index is 2.73. The van der Waals surface area contributed by atoms with Crippen molar-refractivity contribution < 1.29 is 19.9 Å². The summed E-state index contributed by atoms with van der Waals surface area (Å²) in [6.45, 7) is 1.55. The molecule has 0 aliphatic carbocycles. The number of nitro groups is 1. The summed E-state index contributed by atoms with van der Waals surface area (Å²) in [6, 6.07) is 3.61. The molecule has 1 amide bonds. The smallest absolute Gasteiger partial charge is 0.270 e. The van der Waals surface area contributed by atoms with E-state index in [-0.39, 0.29) is 35.1 Å². The second-order valence-corrected chi connectivity index (χ2v) is 4.65. The molecule has 20 heavy (non-hydrogen) atoms. The number of hydrogen-bond donors (Lipinski definition) is 3. The van der Waals surface area contributed by atoms with Crippen LogP contribution in [-0.4, -0.2) is 33.7 Å². The van der Waals surface area contributed by atoms with Gasteiger partial charge in [-0.3, -0.25) is 14.9 Å². The molecule has 3 N–H and O–H groups in total. The first-order valence-electron chi connectivity index (χ1n) is 5.87. The van der Waals surface area contributed by atoms with Crippen molar-refractivity contribution in [1.29, 1.82) is 0 Å². The van der Waals surface area contributed by atoms with Crippen LogP contribution >= 0.6 is 11.6 Å². The predicted molar refractivity (Wildman–Crippen MR) is 72.4 cm³/mol. The number of aliphatic hydroxyl groups excluding tert-OH is 2. The number of carbonyl (C=O) groups excluding carboxylic acids is 1. The van der Waals surface area contributed by atoms with Crippen LogP contribution in [0, 0.1) is 10.1 Å². The summed E-state index contributed by atoms with van der Waals surface area (Å²) in [5.74, 6) is -0.236. The molecule has 1 aromatic carbocycles. The Morgan fingerprint density at radius 1 is 1.50 bits per heavy atom. The van der Waals surface area contributed by atoms with Crippen molar-refractivity contribution in [1.82, 2.24) is 5.32 Å². The maximum atomic E-state index is 10.7. The molecule has 0 heterocycles. The lowest BCUT2D eigenvalue weighted by Crippen LogP contribution is -2.27. The fourth-order valence-corrected chi connectivity index (χ4v) is 1.92. The van der Waals surface area contributed by atoms with E-state index in [0.29, 0.717) is 0 Å². The first kappa shape index (κ1) is 16.4. The van der Waals surface area contributed by atoms with Crippen LogP contribution in [0.3, 0.4) is 0 Å². The van der Waals surface area contributed by atoms with Crippen LogP contribution in [0.1, 0.15) is 25.0 Å². The quantitative estimate of drug-likeness (QED) is 0.539. The topological polar surface area (TPSA) is 113 Å². The first-order chi connectivity index (χ1) is 9.32. The predicted octanol–water partition coefficient (Wildman–Crippen LogP) is 1.17. The van der Waals surface area contributed by atoms with Gasteiger partial charge in [0.05, 0.1) is 16.0 Å². The molecule has 7 nitrogen and oxygen atoms in total. The molecule has 1 rings (SSSR count). The fourth-order valence-electron chi connectivity index (χ4n) is 1.63. The van der Waals surface area contributed by atoms with E-state index < -0.39 is 17.1 Å². The van der Waals surface area contributed by atoms with E-state index in [1.807, 2.05) is 0 Å². The molecule has 0 fully saturated rings. The molecule has 0 saturated carbocycles. The fraction of sp³-hybridized carbons (Fsp3) is 0.417. The number of nitro benzene ring substituents is 1. The third kappa shape index (κ3) is 4.44. The minimum Gasteiger partial charge on any atom is -0.390 e. The first-order valence-corrected chi connectivity index (χ1v) is 6.25. The van der Waals surface area contributed by atoms with Crippen molar-refractivity contribution in [2.45, 2.75) is 25.6 Å². The molecular weight excluding hydrogens is 288 g/mol. The zero-order valence-corrected chi connectivity index (χ0v) is 11.5. The van der Waals surface area contributed by atoms with E-state index in [2.05, 4.69) is 5.32 Å². The average molecular weight is 303 g/mol. The number of aliphatic hydroxyl groups is 2. The summed E-state index contributed by atoms with van der Waals surface area (Å²) in [5.41, 5.74) is 0.00581.